The minimum atomic E-state index is -3.35. The highest BCUT2D eigenvalue weighted by atomic mass is 32.2. The average molecular weight is 399 g/mol. The monoisotopic (exact) mass is 399 g/mol. The lowest BCUT2D eigenvalue weighted by Gasteiger charge is -2.16. The van der Waals surface area contributed by atoms with Crippen LogP contribution in [0.3, 0.4) is 0 Å². The van der Waals surface area contributed by atoms with Gasteiger partial charge in [-0.15, -0.1) is 10.2 Å². The number of hydrogen-bond acceptors (Lipinski definition) is 6. The number of ketones is 1. The SMILES string of the molecule is CCc1ccc(-c2nnn(CC(=O)c3ccc(N(C)S(C)(=O)=O)cc3)n2)cc1. The van der Waals surface area contributed by atoms with Crippen LogP contribution in [-0.4, -0.2) is 47.7 Å². The van der Waals surface area contributed by atoms with Gasteiger partial charge in [-0.3, -0.25) is 9.10 Å². The minimum absolute atomic E-state index is 0.0543. The van der Waals surface area contributed by atoms with E-state index in [1.165, 1.54) is 17.4 Å². The van der Waals surface area contributed by atoms with E-state index >= 15 is 0 Å². The Bertz CT molecular complexity index is 1070. The molecule has 146 valence electrons. The predicted octanol–water partition coefficient (Wildman–Crippen LogP) is 2.18. The van der Waals surface area contributed by atoms with Crippen molar-refractivity contribution >= 4 is 21.5 Å². The molecule has 0 aliphatic rings. The molecule has 3 rings (SSSR count). The molecule has 28 heavy (non-hydrogen) atoms. The third kappa shape index (κ3) is 4.42. The molecule has 0 fully saturated rings. The lowest BCUT2D eigenvalue weighted by Crippen LogP contribution is -2.24. The number of Topliss-reactive ketones (excluding diaryl/α,β-unsaturated/α-hetero) is 1. The number of carbonyl (C=O) groups is 1. The standard InChI is InChI=1S/C19H21N5O3S/c1-4-14-5-7-16(8-6-14)19-20-22-24(21-19)13-18(25)15-9-11-17(12-10-15)23(2)28(3,26)27/h5-12H,4,13H2,1-3H3. The second-order valence-electron chi connectivity index (χ2n) is 6.39. The number of benzene rings is 2. The van der Waals surface area contributed by atoms with E-state index in [0.29, 0.717) is 17.1 Å². The lowest BCUT2D eigenvalue weighted by molar-refractivity contribution is 0.0961. The molecule has 0 amide bonds. The van der Waals surface area contributed by atoms with Crippen molar-refractivity contribution in [2.75, 3.05) is 17.6 Å². The zero-order valence-corrected chi connectivity index (χ0v) is 16.7. The van der Waals surface area contributed by atoms with Crippen molar-refractivity contribution in [3.63, 3.8) is 0 Å². The Morgan fingerprint density at radius 2 is 1.71 bits per heavy atom. The molecule has 9 heteroatoms. The number of tetrazole rings is 1. The fourth-order valence-electron chi connectivity index (χ4n) is 2.58. The minimum Gasteiger partial charge on any atom is -0.292 e. The number of hydrogen-bond donors (Lipinski definition) is 0. The highest BCUT2D eigenvalue weighted by Crippen LogP contribution is 2.17. The number of sulfonamides is 1. The molecule has 2 aromatic carbocycles. The average Bonchev–Trinajstić information content (AvgIpc) is 3.15. The van der Waals surface area contributed by atoms with Gasteiger partial charge >= 0.3 is 0 Å². The van der Waals surface area contributed by atoms with Gasteiger partial charge in [-0.1, -0.05) is 31.2 Å². The first-order valence-electron chi connectivity index (χ1n) is 8.72. The normalized spacial score (nSPS) is 11.4. The van der Waals surface area contributed by atoms with Crippen molar-refractivity contribution in [2.45, 2.75) is 19.9 Å². The molecule has 0 aliphatic carbocycles. The molecule has 0 N–H and O–H groups in total. The van der Waals surface area contributed by atoms with Gasteiger partial charge in [0.2, 0.25) is 15.8 Å². The molecule has 1 aromatic heterocycles. The van der Waals surface area contributed by atoms with Crippen molar-refractivity contribution in [3.05, 3.63) is 59.7 Å². The van der Waals surface area contributed by atoms with Gasteiger partial charge in [0.1, 0.15) is 6.54 Å². The second-order valence-corrected chi connectivity index (χ2v) is 8.41. The summed E-state index contributed by atoms with van der Waals surface area (Å²) >= 11 is 0. The summed E-state index contributed by atoms with van der Waals surface area (Å²) in [4.78, 5) is 13.7. The molecule has 3 aromatic rings. The van der Waals surface area contributed by atoms with Gasteiger partial charge < -0.3 is 0 Å². The van der Waals surface area contributed by atoms with E-state index in [-0.39, 0.29) is 12.3 Å². The number of anilines is 1. The fourth-order valence-corrected chi connectivity index (χ4v) is 3.09. The summed E-state index contributed by atoms with van der Waals surface area (Å²) < 4.78 is 24.3. The van der Waals surface area contributed by atoms with Crippen LogP contribution in [0.2, 0.25) is 0 Å². The van der Waals surface area contributed by atoms with E-state index in [1.807, 2.05) is 24.3 Å². The maximum absolute atomic E-state index is 12.5. The van der Waals surface area contributed by atoms with E-state index < -0.39 is 10.0 Å². The van der Waals surface area contributed by atoms with Crippen LogP contribution >= 0.6 is 0 Å². The predicted molar refractivity (Wildman–Crippen MR) is 107 cm³/mol. The van der Waals surface area contributed by atoms with Crippen LogP contribution in [0.15, 0.2) is 48.5 Å². The molecule has 0 aliphatic heterocycles. The Kier molecular flexibility index (Phi) is 5.55. The Balaban J connectivity index is 1.70. The summed E-state index contributed by atoms with van der Waals surface area (Å²) in [6, 6.07) is 14.2. The van der Waals surface area contributed by atoms with E-state index in [0.717, 1.165) is 22.5 Å². The van der Waals surface area contributed by atoms with Crippen LogP contribution in [0.5, 0.6) is 0 Å². The van der Waals surface area contributed by atoms with Crippen LogP contribution in [-0.2, 0) is 23.0 Å². The third-order valence-electron chi connectivity index (χ3n) is 4.41. The number of aryl methyl sites for hydroxylation is 1. The Morgan fingerprint density at radius 3 is 2.29 bits per heavy atom. The van der Waals surface area contributed by atoms with Gasteiger partial charge in [0, 0.05) is 18.2 Å². The topological polar surface area (TPSA) is 98.0 Å². The number of aromatic nitrogens is 4. The molecule has 0 unspecified atom stereocenters. The second kappa shape index (κ2) is 7.89. The van der Waals surface area contributed by atoms with E-state index in [2.05, 4.69) is 22.3 Å². The van der Waals surface area contributed by atoms with Crippen LogP contribution in [0, 0.1) is 0 Å². The summed E-state index contributed by atoms with van der Waals surface area (Å²) in [5.41, 5.74) is 2.98. The molecule has 8 nitrogen and oxygen atoms in total. The van der Waals surface area contributed by atoms with Crippen molar-refractivity contribution in [1.82, 2.24) is 20.2 Å². The number of nitrogens with zero attached hydrogens (tertiary/aromatic N) is 5. The van der Waals surface area contributed by atoms with Crippen LogP contribution < -0.4 is 4.31 Å². The largest absolute Gasteiger partial charge is 0.292 e. The van der Waals surface area contributed by atoms with Gasteiger partial charge in [0.25, 0.3) is 0 Å². The Morgan fingerprint density at radius 1 is 1.07 bits per heavy atom. The van der Waals surface area contributed by atoms with E-state index in [4.69, 9.17) is 0 Å². The molecule has 0 radical (unpaired) electrons. The van der Waals surface area contributed by atoms with Gasteiger partial charge in [-0.25, -0.2) is 8.42 Å². The summed E-state index contributed by atoms with van der Waals surface area (Å²) in [6.45, 7) is 2.03. The van der Waals surface area contributed by atoms with Crippen LogP contribution in [0.25, 0.3) is 11.4 Å². The summed E-state index contributed by atoms with van der Waals surface area (Å²) in [6.07, 6.45) is 2.07. The first kappa shape index (κ1) is 19.7. The highest BCUT2D eigenvalue weighted by Gasteiger charge is 2.14. The maximum Gasteiger partial charge on any atom is 0.231 e. The molecular weight excluding hydrogens is 378 g/mol. The van der Waals surface area contributed by atoms with Gasteiger partial charge in [-0.05, 0) is 41.5 Å². The van der Waals surface area contributed by atoms with Crippen LogP contribution in [0.4, 0.5) is 5.69 Å². The van der Waals surface area contributed by atoms with Crippen molar-refractivity contribution < 1.29 is 13.2 Å². The van der Waals surface area contributed by atoms with Crippen LogP contribution in [0.1, 0.15) is 22.8 Å². The van der Waals surface area contributed by atoms with Gasteiger partial charge in [0.15, 0.2) is 5.78 Å². The first-order chi connectivity index (χ1) is 13.3. The summed E-state index contributed by atoms with van der Waals surface area (Å²) in [7, 11) is -1.89. The molecule has 0 atom stereocenters. The van der Waals surface area contributed by atoms with Crippen molar-refractivity contribution in [2.24, 2.45) is 0 Å². The molecule has 0 bridgehead atoms. The van der Waals surface area contributed by atoms with Crippen molar-refractivity contribution in [1.29, 1.82) is 0 Å². The molecule has 1 heterocycles. The molecular formula is C19H21N5O3S. The quantitative estimate of drug-likeness (QED) is 0.565. The summed E-state index contributed by atoms with van der Waals surface area (Å²) in [5, 5.41) is 12.2. The molecule has 0 spiro atoms. The summed E-state index contributed by atoms with van der Waals surface area (Å²) in [5.74, 6) is 0.263. The third-order valence-corrected chi connectivity index (χ3v) is 5.61. The maximum atomic E-state index is 12.5. The number of carbonyl (C=O) groups excluding carboxylic acids is 1. The molecule has 0 saturated heterocycles. The first-order valence-corrected chi connectivity index (χ1v) is 10.6. The zero-order chi connectivity index (χ0) is 20.3. The van der Waals surface area contributed by atoms with E-state index in [9.17, 15) is 13.2 Å². The van der Waals surface area contributed by atoms with Crippen molar-refractivity contribution in [3.8, 4) is 11.4 Å². The zero-order valence-electron chi connectivity index (χ0n) is 15.9. The fraction of sp³-hybridized carbons (Fsp3) is 0.263. The Hall–Kier alpha value is -3.07. The highest BCUT2D eigenvalue weighted by molar-refractivity contribution is 7.92. The van der Waals surface area contributed by atoms with E-state index in [1.54, 1.807) is 24.3 Å². The van der Waals surface area contributed by atoms with Gasteiger partial charge in [0.05, 0.1) is 11.9 Å². The Labute approximate surface area is 163 Å². The smallest absolute Gasteiger partial charge is 0.231 e. The lowest BCUT2D eigenvalue weighted by atomic mass is 10.1. The van der Waals surface area contributed by atoms with Gasteiger partial charge in [-0.2, -0.15) is 4.80 Å². The molecule has 0 saturated carbocycles. The number of rotatable bonds is 7.